The van der Waals surface area contributed by atoms with Crippen molar-refractivity contribution in [2.24, 2.45) is 0 Å². The second-order valence-corrected chi connectivity index (χ2v) is 6.47. The lowest BCUT2D eigenvalue weighted by Crippen LogP contribution is -2.19. The molecule has 0 saturated heterocycles. The summed E-state index contributed by atoms with van der Waals surface area (Å²) in [7, 11) is 1.60. The van der Waals surface area contributed by atoms with E-state index < -0.39 is 0 Å². The Morgan fingerprint density at radius 1 is 1.13 bits per heavy atom. The van der Waals surface area contributed by atoms with Gasteiger partial charge < -0.3 is 15.4 Å². The monoisotopic (exact) mass is 348 g/mol. The number of halogens is 1. The summed E-state index contributed by atoms with van der Waals surface area (Å²) in [6.07, 6.45) is 0. The molecule has 0 amide bonds. The van der Waals surface area contributed by atoms with Crippen molar-refractivity contribution in [2.75, 3.05) is 17.7 Å². The molecule has 2 aromatic rings. The van der Waals surface area contributed by atoms with E-state index in [1.165, 1.54) is 5.56 Å². The first-order valence-corrected chi connectivity index (χ1v) is 8.21. The Kier molecular flexibility index (Phi) is 5.85. The fraction of sp³-hybridized carbons (Fsp3) is 0.278. The molecule has 23 heavy (non-hydrogen) atoms. The molecule has 3 nitrogen and oxygen atoms in total. The van der Waals surface area contributed by atoms with Crippen molar-refractivity contribution in [2.45, 2.75) is 26.7 Å². The van der Waals surface area contributed by atoms with Crippen LogP contribution in [0.1, 0.15) is 30.9 Å². The molecular formula is C18H21ClN2OS. The van der Waals surface area contributed by atoms with E-state index in [0.717, 1.165) is 16.9 Å². The van der Waals surface area contributed by atoms with Crippen LogP contribution < -0.4 is 15.4 Å². The van der Waals surface area contributed by atoms with Gasteiger partial charge >= 0.3 is 0 Å². The minimum atomic E-state index is 0.502. The summed E-state index contributed by atoms with van der Waals surface area (Å²) in [5.41, 5.74) is 3.98. The van der Waals surface area contributed by atoms with Gasteiger partial charge in [0.1, 0.15) is 5.75 Å². The largest absolute Gasteiger partial charge is 0.495 e. The van der Waals surface area contributed by atoms with Crippen molar-refractivity contribution >= 4 is 40.3 Å². The third-order valence-electron chi connectivity index (χ3n) is 3.56. The molecule has 2 rings (SSSR count). The number of methoxy groups -OCH3 is 1. The van der Waals surface area contributed by atoms with Gasteiger partial charge in [-0.25, -0.2) is 0 Å². The fourth-order valence-corrected chi connectivity index (χ4v) is 2.55. The van der Waals surface area contributed by atoms with Crippen LogP contribution in [0.2, 0.25) is 5.02 Å². The molecule has 0 unspecified atom stereocenters. The maximum absolute atomic E-state index is 6.11. The standard InChI is InChI=1S/C18H21ClN2OS/c1-11(2)13-5-7-14(8-6-13)20-18(23)21-16-9-12(3)15(19)10-17(16)22-4/h5-11H,1-4H3,(H2,20,21,23). The first kappa shape index (κ1) is 17.6. The molecule has 0 aliphatic heterocycles. The van der Waals surface area contributed by atoms with E-state index in [4.69, 9.17) is 28.6 Å². The summed E-state index contributed by atoms with van der Waals surface area (Å²) in [6, 6.07) is 11.9. The molecule has 0 bridgehead atoms. The van der Waals surface area contributed by atoms with Gasteiger partial charge in [0.2, 0.25) is 0 Å². The summed E-state index contributed by atoms with van der Waals surface area (Å²) < 4.78 is 5.34. The van der Waals surface area contributed by atoms with E-state index in [1.807, 2.05) is 25.1 Å². The molecule has 0 aromatic heterocycles. The number of anilines is 2. The quantitative estimate of drug-likeness (QED) is 0.706. The highest BCUT2D eigenvalue weighted by Crippen LogP contribution is 2.31. The number of rotatable bonds is 4. The van der Waals surface area contributed by atoms with Gasteiger partial charge in [0.05, 0.1) is 12.8 Å². The lowest BCUT2D eigenvalue weighted by Gasteiger charge is -2.15. The van der Waals surface area contributed by atoms with Crippen LogP contribution in [0.5, 0.6) is 5.75 Å². The third kappa shape index (κ3) is 4.60. The topological polar surface area (TPSA) is 33.3 Å². The van der Waals surface area contributed by atoms with Crippen LogP contribution in [0.3, 0.4) is 0 Å². The van der Waals surface area contributed by atoms with E-state index in [1.54, 1.807) is 13.2 Å². The average molecular weight is 349 g/mol. The predicted octanol–water partition coefficient (Wildman–Crippen LogP) is 5.59. The van der Waals surface area contributed by atoms with Gasteiger partial charge in [-0.1, -0.05) is 37.6 Å². The van der Waals surface area contributed by atoms with Crippen molar-refractivity contribution < 1.29 is 4.74 Å². The zero-order valence-electron chi connectivity index (χ0n) is 13.7. The molecule has 2 N–H and O–H groups in total. The Bertz CT molecular complexity index is 699. The Morgan fingerprint density at radius 3 is 2.35 bits per heavy atom. The molecule has 0 fully saturated rings. The normalized spacial score (nSPS) is 10.5. The van der Waals surface area contributed by atoms with E-state index in [9.17, 15) is 0 Å². The summed E-state index contributed by atoms with van der Waals surface area (Å²) >= 11 is 11.5. The van der Waals surface area contributed by atoms with E-state index >= 15 is 0 Å². The Labute approximate surface area is 148 Å². The molecule has 2 aromatic carbocycles. The SMILES string of the molecule is COc1cc(Cl)c(C)cc1NC(=S)Nc1ccc(C(C)C)cc1. The number of hydrogen-bond donors (Lipinski definition) is 2. The second kappa shape index (κ2) is 7.66. The van der Waals surface area contributed by atoms with Crippen molar-refractivity contribution in [3.8, 4) is 5.75 Å². The summed E-state index contributed by atoms with van der Waals surface area (Å²) in [4.78, 5) is 0. The number of aryl methyl sites for hydroxylation is 1. The van der Waals surface area contributed by atoms with Crippen molar-refractivity contribution in [3.05, 3.63) is 52.5 Å². The third-order valence-corrected chi connectivity index (χ3v) is 4.18. The number of thiocarbonyl (C=S) groups is 1. The second-order valence-electron chi connectivity index (χ2n) is 5.66. The lowest BCUT2D eigenvalue weighted by atomic mass is 10.0. The van der Waals surface area contributed by atoms with Gasteiger partial charge in [-0.05, 0) is 54.4 Å². The van der Waals surface area contributed by atoms with Crippen LogP contribution in [-0.4, -0.2) is 12.2 Å². The highest BCUT2D eigenvalue weighted by molar-refractivity contribution is 7.80. The van der Waals surface area contributed by atoms with Gasteiger partial charge in [0.15, 0.2) is 5.11 Å². The molecular weight excluding hydrogens is 328 g/mol. The molecule has 122 valence electrons. The molecule has 0 saturated carbocycles. The molecule has 0 radical (unpaired) electrons. The van der Waals surface area contributed by atoms with Crippen LogP contribution in [-0.2, 0) is 0 Å². The average Bonchev–Trinajstić information content (AvgIpc) is 2.51. The smallest absolute Gasteiger partial charge is 0.175 e. The molecule has 0 heterocycles. The summed E-state index contributed by atoms with van der Waals surface area (Å²) in [6.45, 7) is 6.28. The molecule has 0 spiro atoms. The maximum Gasteiger partial charge on any atom is 0.175 e. The minimum Gasteiger partial charge on any atom is -0.495 e. The van der Waals surface area contributed by atoms with Gasteiger partial charge in [-0.2, -0.15) is 0 Å². The van der Waals surface area contributed by atoms with Crippen LogP contribution in [0.15, 0.2) is 36.4 Å². The fourth-order valence-electron chi connectivity index (χ4n) is 2.17. The van der Waals surface area contributed by atoms with Crippen LogP contribution in [0.4, 0.5) is 11.4 Å². The first-order chi connectivity index (χ1) is 10.9. The molecule has 0 aliphatic carbocycles. The summed E-state index contributed by atoms with van der Waals surface area (Å²) in [5, 5.41) is 7.49. The minimum absolute atomic E-state index is 0.502. The predicted molar refractivity (Wildman–Crippen MR) is 103 cm³/mol. The van der Waals surface area contributed by atoms with Crippen LogP contribution >= 0.6 is 23.8 Å². The van der Waals surface area contributed by atoms with Crippen molar-refractivity contribution in [1.82, 2.24) is 0 Å². The highest BCUT2D eigenvalue weighted by Gasteiger charge is 2.09. The zero-order valence-corrected chi connectivity index (χ0v) is 15.3. The molecule has 5 heteroatoms. The highest BCUT2D eigenvalue weighted by atomic mass is 35.5. The van der Waals surface area contributed by atoms with Gasteiger partial charge in [0, 0.05) is 16.8 Å². The number of nitrogens with one attached hydrogen (secondary N) is 2. The van der Waals surface area contributed by atoms with E-state index in [0.29, 0.717) is 21.8 Å². The number of hydrogen-bond acceptors (Lipinski definition) is 2. The molecule has 0 atom stereocenters. The zero-order chi connectivity index (χ0) is 17.0. The van der Waals surface area contributed by atoms with Crippen LogP contribution in [0, 0.1) is 6.92 Å². The number of ether oxygens (including phenoxy) is 1. The van der Waals surface area contributed by atoms with E-state index in [-0.39, 0.29) is 0 Å². The first-order valence-electron chi connectivity index (χ1n) is 7.42. The van der Waals surface area contributed by atoms with Gasteiger partial charge in [-0.15, -0.1) is 0 Å². The Hall–Kier alpha value is -1.78. The van der Waals surface area contributed by atoms with Gasteiger partial charge in [-0.3, -0.25) is 0 Å². The van der Waals surface area contributed by atoms with E-state index in [2.05, 4.69) is 36.6 Å². The Morgan fingerprint density at radius 2 is 1.78 bits per heavy atom. The molecule has 0 aliphatic rings. The van der Waals surface area contributed by atoms with Crippen molar-refractivity contribution in [3.63, 3.8) is 0 Å². The summed E-state index contributed by atoms with van der Waals surface area (Å²) in [5.74, 6) is 1.16. The number of benzene rings is 2. The van der Waals surface area contributed by atoms with Crippen LogP contribution in [0.25, 0.3) is 0 Å². The maximum atomic E-state index is 6.11. The van der Waals surface area contributed by atoms with Crippen molar-refractivity contribution in [1.29, 1.82) is 0 Å². The Balaban J connectivity index is 2.09. The lowest BCUT2D eigenvalue weighted by molar-refractivity contribution is 0.417. The van der Waals surface area contributed by atoms with Gasteiger partial charge in [0.25, 0.3) is 0 Å².